The van der Waals surface area contributed by atoms with Gasteiger partial charge in [-0.2, -0.15) is 0 Å². The molecule has 2 saturated heterocycles. The van der Waals surface area contributed by atoms with Crippen LogP contribution in [0.1, 0.15) is 290 Å². The maximum atomic E-state index is 13.3. The van der Waals surface area contributed by atoms with Crippen LogP contribution in [-0.4, -0.2) is 140 Å². The maximum Gasteiger partial charge on any atom is 0.220 e. The number of unbranched alkanes of at least 4 members (excludes halogenated alkanes) is 37. The summed E-state index contributed by atoms with van der Waals surface area (Å²) in [6, 6.07) is -0.939. The number of aliphatic hydroxyl groups is 8. The zero-order valence-electron chi connectivity index (χ0n) is 52.7. The predicted octanol–water partition coefficient (Wildman–Crippen LogP) is 13.5. The second kappa shape index (κ2) is 54.1. The number of carbonyl (C=O) groups excluding carboxylic acids is 1. The van der Waals surface area contributed by atoms with Crippen LogP contribution in [0.2, 0.25) is 0 Å². The zero-order chi connectivity index (χ0) is 60.2. The molecule has 2 fully saturated rings. The van der Waals surface area contributed by atoms with Gasteiger partial charge in [0.05, 0.1) is 32.0 Å². The molecule has 2 heterocycles. The van der Waals surface area contributed by atoms with Gasteiger partial charge in [-0.25, -0.2) is 0 Å². The monoisotopic (exact) mass is 1180 g/mol. The number of amides is 1. The summed E-state index contributed by atoms with van der Waals surface area (Å²) in [5.74, 6) is -0.250. The number of nitrogens with one attached hydrogen (secondary N) is 1. The molecule has 14 heteroatoms. The molecule has 2 aliphatic heterocycles. The summed E-state index contributed by atoms with van der Waals surface area (Å²) in [5, 5.41) is 87.3. The van der Waals surface area contributed by atoms with Gasteiger partial charge in [0, 0.05) is 6.42 Å². The van der Waals surface area contributed by atoms with E-state index in [-0.39, 0.29) is 18.9 Å². The highest BCUT2D eigenvalue weighted by Gasteiger charge is 2.51. The van der Waals surface area contributed by atoms with E-state index in [9.17, 15) is 45.6 Å². The Kier molecular flexibility index (Phi) is 50.2. The first-order valence-electron chi connectivity index (χ1n) is 34.4. The van der Waals surface area contributed by atoms with Gasteiger partial charge in [0.2, 0.25) is 5.91 Å². The molecule has 2 rings (SSSR count). The van der Waals surface area contributed by atoms with Gasteiger partial charge in [-0.3, -0.25) is 4.79 Å². The van der Waals surface area contributed by atoms with Crippen molar-refractivity contribution in [3.05, 3.63) is 48.6 Å². The molecule has 0 spiro atoms. The summed E-state index contributed by atoms with van der Waals surface area (Å²) < 4.78 is 22.8. The first-order valence-corrected chi connectivity index (χ1v) is 34.4. The molecule has 486 valence electrons. The second-order valence-corrected chi connectivity index (χ2v) is 24.3. The summed E-state index contributed by atoms with van der Waals surface area (Å²) in [6.07, 6.45) is 53.1. The van der Waals surface area contributed by atoms with Crippen molar-refractivity contribution >= 4 is 5.91 Å². The normalized spacial score (nSPS) is 24.1. The van der Waals surface area contributed by atoms with E-state index in [2.05, 4.69) is 55.6 Å². The van der Waals surface area contributed by atoms with E-state index < -0.39 is 86.8 Å². The van der Waals surface area contributed by atoms with Crippen LogP contribution in [0, 0.1) is 0 Å². The van der Waals surface area contributed by atoms with Gasteiger partial charge in [0.15, 0.2) is 12.6 Å². The Bertz CT molecular complexity index is 1580. The van der Waals surface area contributed by atoms with Gasteiger partial charge in [0.25, 0.3) is 0 Å². The summed E-state index contributed by atoms with van der Waals surface area (Å²) >= 11 is 0. The Hall–Kier alpha value is -2.05. The van der Waals surface area contributed by atoms with Crippen molar-refractivity contribution in [3.63, 3.8) is 0 Å². The van der Waals surface area contributed by atoms with Crippen LogP contribution >= 0.6 is 0 Å². The minimum atomic E-state index is -1.79. The van der Waals surface area contributed by atoms with E-state index >= 15 is 0 Å². The molecular formula is C69H127NO13. The van der Waals surface area contributed by atoms with Crippen molar-refractivity contribution in [2.75, 3.05) is 19.8 Å². The fourth-order valence-electron chi connectivity index (χ4n) is 11.2. The smallest absolute Gasteiger partial charge is 0.220 e. The fourth-order valence-corrected chi connectivity index (χ4v) is 11.2. The predicted molar refractivity (Wildman–Crippen MR) is 337 cm³/mol. The molecule has 0 saturated carbocycles. The SMILES string of the molecule is CCCCCCCCCC/C=C\CCCCCCCCCCCCCCCCCC(=O)NC(COC1OC(CO)C(OC2OC(CO)C(O)C(O)C2O)C(O)C1O)C(O)/C=C/CC/C=C/CC/C=C/CCCCCCCCCCCCCC. The lowest BCUT2D eigenvalue weighted by molar-refractivity contribution is -0.359. The first kappa shape index (κ1) is 77.0. The highest BCUT2D eigenvalue weighted by atomic mass is 16.7. The Balaban J connectivity index is 1.71. The van der Waals surface area contributed by atoms with E-state index in [1.807, 2.05) is 6.08 Å². The van der Waals surface area contributed by atoms with Crippen LogP contribution in [0.3, 0.4) is 0 Å². The van der Waals surface area contributed by atoms with E-state index in [4.69, 9.17) is 18.9 Å². The van der Waals surface area contributed by atoms with Crippen LogP contribution in [0.5, 0.6) is 0 Å². The topological polar surface area (TPSA) is 228 Å². The molecule has 0 aromatic carbocycles. The average molecular weight is 1180 g/mol. The lowest BCUT2D eigenvalue weighted by Gasteiger charge is -2.46. The van der Waals surface area contributed by atoms with Crippen LogP contribution in [0.15, 0.2) is 48.6 Å². The van der Waals surface area contributed by atoms with Crippen molar-refractivity contribution in [3.8, 4) is 0 Å². The lowest BCUT2D eigenvalue weighted by Crippen LogP contribution is -2.65. The van der Waals surface area contributed by atoms with Crippen molar-refractivity contribution < 1.29 is 64.6 Å². The van der Waals surface area contributed by atoms with Gasteiger partial charge in [-0.05, 0) is 70.6 Å². The average Bonchev–Trinajstić information content (AvgIpc) is 3.65. The van der Waals surface area contributed by atoms with Crippen LogP contribution in [-0.2, 0) is 23.7 Å². The molecule has 1 amide bonds. The molecule has 0 aromatic rings. The third-order valence-electron chi connectivity index (χ3n) is 16.7. The van der Waals surface area contributed by atoms with Gasteiger partial charge < -0.3 is 65.1 Å². The summed E-state index contributed by atoms with van der Waals surface area (Å²) in [4.78, 5) is 13.3. The summed E-state index contributed by atoms with van der Waals surface area (Å²) in [6.45, 7) is 2.81. The van der Waals surface area contributed by atoms with E-state index in [1.54, 1.807) is 6.08 Å². The fraction of sp³-hybridized carbons (Fsp3) is 0.870. The number of hydrogen-bond acceptors (Lipinski definition) is 13. The molecule has 14 nitrogen and oxygen atoms in total. The highest BCUT2D eigenvalue weighted by Crippen LogP contribution is 2.30. The van der Waals surface area contributed by atoms with E-state index in [0.717, 1.165) is 44.9 Å². The largest absolute Gasteiger partial charge is 0.394 e. The summed E-state index contributed by atoms with van der Waals surface area (Å²) in [5.41, 5.74) is 0. The van der Waals surface area contributed by atoms with Crippen molar-refractivity contribution in [2.45, 2.75) is 364 Å². The number of hydrogen-bond donors (Lipinski definition) is 9. The molecule has 0 aliphatic carbocycles. The maximum absolute atomic E-state index is 13.3. The molecular weight excluding hydrogens is 1050 g/mol. The van der Waals surface area contributed by atoms with Crippen LogP contribution in [0.4, 0.5) is 0 Å². The number of rotatable bonds is 56. The molecule has 0 bridgehead atoms. The lowest BCUT2D eigenvalue weighted by atomic mass is 9.97. The van der Waals surface area contributed by atoms with Gasteiger partial charge in [-0.1, -0.05) is 262 Å². The third kappa shape index (κ3) is 38.8. The Morgan fingerprint density at radius 2 is 0.771 bits per heavy atom. The molecule has 2 aliphatic rings. The number of allylic oxidation sites excluding steroid dienone is 7. The third-order valence-corrected chi connectivity index (χ3v) is 16.7. The molecule has 0 aromatic heterocycles. The van der Waals surface area contributed by atoms with Crippen molar-refractivity contribution in [1.29, 1.82) is 0 Å². The molecule has 12 unspecified atom stereocenters. The molecule has 12 atom stereocenters. The molecule has 83 heavy (non-hydrogen) atoms. The minimum Gasteiger partial charge on any atom is -0.394 e. The van der Waals surface area contributed by atoms with Crippen LogP contribution in [0.25, 0.3) is 0 Å². The van der Waals surface area contributed by atoms with E-state index in [1.165, 1.54) is 212 Å². The minimum absolute atomic E-state index is 0.250. The Morgan fingerprint density at radius 3 is 1.18 bits per heavy atom. The molecule has 0 radical (unpaired) electrons. The quantitative estimate of drug-likeness (QED) is 0.0204. The Morgan fingerprint density at radius 1 is 0.422 bits per heavy atom. The highest BCUT2D eigenvalue weighted by molar-refractivity contribution is 5.76. The Labute approximate surface area is 505 Å². The van der Waals surface area contributed by atoms with Crippen molar-refractivity contribution in [1.82, 2.24) is 5.32 Å². The second-order valence-electron chi connectivity index (χ2n) is 24.3. The number of ether oxygens (including phenoxy) is 4. The van der Waals surface area contributed by atoms with Gasteiger partial charge in [0.1, 0.15) is 48.8 Å². The number of carbonyl (C=O) groups is 1. The van der Waals surface area contributed by atoms with E-state index in [0.29, 0.717) is 12.8 Å². The standard InChI is InChI=1S/C69H127NO13/c1-3-5-7-9-11-13-15-17-19-21-23-25-27-28-29-30-31-33-35-37-39-41-43-45-47-49-51-53-61(74)70-57(56-80-68-66(79)64(77)67(60(55-72)82-68)83-69-65(78)63(76)62(75)59(54-71)81-69)58(73)52-50-48-46-44-42-40-38-36-34-32-26-24-22-20-18-16-14-12-10-8-6-4-2/h21,23,34,36,42,44,50,52,57-60,62-69,71-73,75-79H,3-20,22,24-33,35,37-41,43,45-49,51,53-56H2,1-2H3,(H,70,74)/b23-21-,36-34+,44-42+,52-50+. The van der Waals surface area contributed by atoms with Gasteiger partial charge in [-0.15, -0.1) is 0 Å². The van der Waals surface area contributed by atoms with Crippen molar-refractivity contribution in [2.24, 2.45) is 0 Å². The first-order chi connectivity index (χ1) is 40.6. The zero-order valence-corrected chi connectivity index (χ0v) is 52.7. The summed E-state index contributed by atoms with van der Waals surface area (Å²) in [7, 11) is 0. The molecule has 9 N–H and O–H groups in total. The van der Waals surface area contributed by atoms with Crippen LogP contribution < -0.4 is 5.32 Å². The van der Waals surface area contributed by atoms with Gasteiger partial charge >= 0.3 is 0 Å². The number of aliphatic hydroxyl groups excluding tert-OH is 8.